The van der Waals surface area contributed by atoms with Crippen molar-refractivity contribution in [2.45, 2.75) is 17.2 Å². The van der Waals surface area contributed by atoms with Gasteiger partial charge in [-0.05, 0) is 40.5 Å². The van der Waals surface area contributed by atoms with Crippen molar-refractivity contribution >= 4 is 31.9 Å². The highest BCUT2D eigenvalue weighted by atomic mass is 79.9. The largest absolute Gasteiger partial charge is 0.493 e. The topological polar surface area (TPSA) is 94.8 Å². The Labute approximate surface area is 153 Å². The highest BCUT2D eigenvalue weighted by molar-refractivity contribution is 9.10. The number of carbonyl (C=O) groups excluding carboxylic acids is 1. The van der Waals surface area contributed by atoms with Crippen LogP contribution in [-0.4, -0.2) is 28.5 Å². The van der Waals surface area contributed by atoms with Crippen LogP contribution in [0.15, 0.2) is 44.3 Å². The average Bonchev–Trinajstić information content (AvgIpc) is 3.19. The van der Waals surface area contributed by atoms with Crippen molar-refractivity contribution in [3.8, 4) is 11.5 Å². The molecule has 2 atom stereocenters. The second-order valence-electron chi connectivity index (χ2n) is 5.57. The van der Waals surface area contributed by atoms with Crippen molar-refractivity contribution in [1.29, 1.82) is 0 Å². The molecule has 2 aromatic rings. The maximum absolute atomic E-state index is 12.6. The number of sulfonamides is 1. The normalized spacial score (nSPS) is 19.3. The van der Waals surface area contributed by atoms with Gasteiger partial charge in [0.25, 0.3) is 10.0 Å². The van der Waals surface area contributed by atoms with E-state index in [-0.39, 0.29) is 21.0 Å². The Hall–Kier alpha value is -2.00. The predicted octanol–water partition coefficient (Wildman–Crippen LogP) is 2.67. The van der Waals surface area contributed by atoms with Gasteiger partial charge < -0.3 is 13.9 Å². The Kier molecular flexibility index (Phi) is 4.79. The monoisotopic (exact) mass is 429 g/mol. The molecule has 0 saturated heterocycles. The van der Waals surface area contributed by atoms with E-state index in [0.29, 0.717) is 17.9 Å². The van der Waals surface area contributed by atoms with Crippen LogP contribution in [0.1, 0.15) is 18.1 Å². The standard InChI is InChI=1S/C16H16BrNO6S/c1-22-13-7-11(17)15(8-14(13)23-2)25(20,21)18-16(19)10-6-9(10)12-4-3-5-24-12/h3-5,7-10H,6H2,1-2H3,(H,18,19)/t9-,10+/m1/s1. The van der Waals surface area contributed by atoms with Gasteiger partial charge in [-0.2, -0.15) is 0 Å². The summed E-state index contributed by atoms with van der Waals surface area (Å²) in [6, 6.07) is 6.29. The number of methoxy groups -OCH3 is 2. The van der Waals surface area contributed by atoms with Crippen molar-refractivity contribution in [2.75, 3.05) is 14.2 Å². The molecule has 1 heterocycles. The lowest BCUT2D eigenvalue weighted by Gasteiger charge is -2.13. The summed E-state index contributed by atoms with van der Waals surface area (Å²) in [5.41, 5.74) is 0. The second-order valence-corrected chi connectivity index (χ2v) is 8.08. The minimum absolute atomic E-state index is 0.0842. The molecule has 3 rings (SSSR count). The molecular weight excluding hydrogens is 414 g/mol. The van der Waals surface area contributed by atoms with Gasteiger partial charge in [-0.25, -0.2) is 13.1 Å². The summed E-state index contributed by atoms with van der Waals surface area (Å²) in [5, 5.41) is 0. The average molecular weight is 430 g/mol. The van der Waals surface area contributed by atoms with Gasteiger partial charge in [0.2, 0.25) is 5.91 Å². The molecule has 7 nitrogen and oxygen atoms in total. The quantitative estimate of drug-likeness (QED) is 0.758. The summed E-state index contributed by atoms with van der Waals surface area (Å²) in [4.78, 5) is 12.2. The minimum Gasteiger partial charge on any atom is -0.493 e. The third-order valence-corrected chi connectivity index (χ3v) is 6.30. The predicted molar refractivity (Wildman–Crippen MR) is 92.1 cm³/mol. The fourth-order valence-corrected chi connectivity index (χ4v) is 4.67. The van der Waals surface area contributed by atoms with Crippen LogP contribution in [0.2, 0.25) is 0 Å². The number of rotatable bonds is 6. The fourth-order valence-electron chi connectivity index (χ4n) is 2.61. The number of ether oxygens (including phenoxy) is 2. The van der Waals surface area contributed by atoms with Crippen LogP contribution in [-0.2, 0) is 14.8 Å². The summed E-state index contributed by atoms with van der Waals surface area (Å²) < 4.78 is 43.0. The summed E-state index contributed by atoms with van der Waals surface area (Å²) >= 11 is 3.19. The molecular formula is C16H16BrNO6S. The van der Waals surface area contributed by atoms with E-state index in [1.165, 1.54) is 32.6 Å². The molecule has 1 N–H and O–H groups in total. The van der Waals surface area contributed by atoms with Crippen molar-refractivity contribution in [3.63, 3.8) is 0 Å². The van der Waals surface area contributed by atoms with Gasteiger partial charge >= 0.3 is 0 Å². The van der Waals surface area contributed by atoms with Gasteiger partial charge in [0.15, 0.2) is 11.5 Å². The highest BCUT2D eigenvalue weighted by Gasteiger charge is 2.47. The second kappa shape index (κ2) is 6.72. The zero-order valence-corrected chi connectivity index (χ0v) is 15.9. The minimum atomic E-state index is -4.06. The summed E-state index contributed by atoms with van der Waals surface area (Å²) in [6.45, 7) is 0. The van der Waals surface area contributed by atoms with Crippen LogP contribution in [0.3, 0.4) is 0 Å². The van der Waals surface area contributed by atoms with Crippen molar-refractivity contribution in [3.05, 3.63) is 40.8 Å². The molecule has 1 aliphatic rings. The lowest BCUT2D eigenvalue weighted by Crippen LogP contribution is -2.32. The van der Waals surface area contributed by atoms with E-state index in [0.717, 1.165) is 0 Å². The summed E-state index contributed by atoms with van der Waals surface area (Å²) in [5.74, 6) is 0.255. The molecule has 134 valence electrons. The third kappa shape index (κ3) is 3.52. The Morgan fingerprint density at radius 2 is 1.96 bits per heavy atom. The van der Waals surface area contributed by atoms with Crippen molar-refractivity contribution in [1.82, 2.24) is 4.72 Å². The highest BCUT2D eigenvalue weighted by Crippen LogP contribution is 2.48. The Balaban J connectivity index is 1.79. The molecule has 1 aromatic carbocycles. The number of hydrogen-bond donors (Lipinski definition) is 1. The van der Waals surface area contributed by atoms with E-state index >= 15 is 0 Å². The molecule has 25 heavy (non-hydrogen) atoms. The van der Waals surface area contributed by atoms with Gasteiger partial charge in [-0.3, -0.25) is 4.79 Å². The smallest absolute Gasteiger partial charge is 0.265 e. The van der Waals surface area contributed by atoms with E-state index in [4.69, 9.17) is 13.9 Å². The molecule has 0 bridgehead atoms. The van der Waals surface area contributed by atoms with Gasteiger partial charge in [0.1, 0.15) is 10.7 Å². The maximum atomic E-state index is 12.6. The van der Waals surface area contributed by atoms with Gasteiger partial charge in [0, 0.05) is 22.4 Å². The van der Waals surface area contributed by atoms with Crippen LogP contribution in [0.25, 0.3) is 0 Å². The molecule has 1 amide bonds. The van der Waals surface area contributed by atoms with Crippen LogP contribution < -0.4 is 14.2 Å². The number of amides is 1. The van der Waals surface area contributed by atoms with E-state index in [2.05, 4.69) is 20.7 Å². The Morgan fingerprint density at radius 3 is 2.56 bits per heavy atom. The van der Waals surface area contributed by atoms with E-state index in [1.807, 2.05) is 0 Å². The zero-order chi connectivity index (χ0) is 18.2. The molecule has 1 aromatic heterocycles. The van der Waals surface area contributed by atoms with E-state index in [9.17, 15) is 13.2 Å². The molecule has 0 spiro atoms. The SMILES string of the molecule is COc1cc(Br)c(S(=O)(=O)NC(=O)[C@H]2C[C@H]2c2ccco2)cc1OC. The number of hydrogen-bond acceptors (Lipinski definition) is 6. The molecule has 1 fully saturated rings. The van der Waals surface area contributed by atoms with Gasteiger partial charge in [-0.1, -0.05) is 0 Å². The molecule has 0 radical (unpaired) electrons. The van der Waals surface area contributed by atoms with Crippen LogP contribution in [0, 0.1) is 5.92 Å². The van der Waals surface area contributed by atoms with Crippen molar-refractivity contribution < 1.29 is 27.1 Å². The van der Waals surface area contributed by atoms with Crippen LogP contribution >= 0.6 is 15.9 Å². The third-order valence-electron chi connectivity index (χ3n) is 4.00. The van der Waals surface area contributed by atoms with Gasteiger partial charge in [-0.15, -0.1) is 0 Å². The number of nitrogens with one attached hydrogen (secondary N) is 1. The first-order valence-electron chi connectivity index (χ1n) is 7.39. The molecule has 0 aliphatic heterocycles. The number of benzene rings is 1. The molecule has 0 unspecified atom stereocenters. The molecule has 1 saturated carbocycles. The first-order valence-corrected chi connectivity index (χ1v) is 9.66. The van der Waals surface area contributed by atoms with Crippen LogP contribution in [0.4, 0.5) is 0 Å². The van der Waals surface area contributed by atoms with E-state index < -0.39 is 21.8 Å². The Morgan fingerprint density at radius 1 is 1.28 bits per heavy atom. The first kappa shape index (κ1) is 17.8. The number of halogens is 1. The zero-order valence-electron chi connectivity index (χ0n) is 13.5. The number of carbonyl (C=O) groups is 1. The van der Waals surface area contributed by atoms with Gasteiger partial charge in [0.05, 0.1) is 20.5 Å². The number of furan rings is 1. The lowest BCUT2D eigenvalue weighted by molar-refractivity contribution is -0.120. The summed E-state index contributed by atoms with van der Waals surface area (Å²) in [6.07, 6.45) is 2.09. The first-order chi connectivity index (χ1) is 11.9. The fraction of sp³-hybridized carbons (Fsp3) is 0.312. The van der Waals surface area contributed by atoms with Crippen molar-refractivity contribution in [2.24, 2.45) is 5.92 Å². The summed E-state index contributed by atoms with van der Waals surface area (Å²) in [7, 11) is -1.21. The Bertz CT molecular complexity index is 894. The lowest BCUT2D eigenvalue weighted by atomic mass is 10.2. The molecule has 9 heteroatoms. The van der Waals surface area contributed by atoms with Crippen LogP contribution in [0.5, 0.6) is 11.5 Å². The van der Waals surface area contributed by atoms with E-state index in [1.54, 1.807) is 12.1 Å². The molecule has 1 aliphatic carbocycles. The maximum Gasteiger partial charge on any atom is 0.265 e.